The van der Waals surface area contributed by atoms with Crippen LogP contribution in [0.3, 0.4) is 0 Å². The Kier molecular flexibility index (Phi) is 4.75. The maximum atomic E-state index is 10.8. The number of nitrogens with zero attached hydrogens (tertiary/aromatic N) is 1. The third-order valence-electron chi connectivity index (χ3n) is 2.78. The molecule has 1 aromatic rings. The van der Waals surface area contributed by atoms with Gasteiger partial charge in [0.1, 0.15) is 11.0 Å². The van der Waals surface area contributed by atoms with Gasteiger partial charge in [-0.25, -0.2) is 9.78 Å². The van der Waals surface area contributed by atoms with Crippen LogP contribution in [0.5, 0.6) is 0 Å². The standard InChI is InChI=1S/C12H17ClN2O2/c1-7(2)8(3)6-14-11-5-9(12(16)17)4-10(13)15-11/h4-5,7-8H,6H2,1-3H3,(H,14,15)(H,16,17). The quantitative estimate of drug-likeness (QED) is 0.795. The van der Waals surface area contributed by atoms with E-state index in [2.05, 4.69) is 31.1 Å². The number of carboxylic acids is 1. The Morgan fingerprint density at radius 3 is 2.65 bits per heavy atom. The molecule has 0 radical (unpaired) electrons. The summed E-state index contributed by atoms with van der Waals surface area (Å²) < 4.78 is 0. The number of anilines is 1. The van der Waals surface area contributed by atoms with Crippen molar-refractivity contribution in [1.29, 1.82) is 0 Å². The average molecular weight is 257 g/mol. The first-order valence-electron chi connectivity index (χ1n) is 5.55. The predicted molar refractivity (Wildman–Crippen MR) is 68.7 cm³/mol. The molecule has 4 nitrogen and oxygen atoms in total. The summed E-state index contributed by atoms with van der Waals surface area (Å²) in [6.07, 6.45) is 0. The van der Waals surface area contributed by atoms with Crippen molar-refractivity contribution in [1.82, 2.24) is 4.98 Å². The number of rotatable bonds is 5. The van der Waals surface area contributed by atoms with Crippen LogP contribution in [0.15, 0.2) is 12.1 Å². The lowest BCUT2D eigenvalue weighted by molar-refractivity contribution is 0.0697. The Morgan fingerprint density at radius 2 is 2.12 bits per heavy atom. The van der Waals surface area contributed by atoms with Gasteiger partial charge in [-0.3, -0.25) is 0 Å². The van der Waals surface area contributed by atoms with E-state index in [1.165, 1.54) is 12.1 Å². The SMILES string of the molecule is CC(C)C(C)CNc1cc(C(=O)O)cc(Cl)n1. The molecule has 0 saturated heterocycles. The number of hydrogen-bond donors (Lipinski definition) is 2. The summed E-state index contributed by atoms with van der Waals surface area (Å²) in [5.74, 6) is 0.529. The monoisotopic (exact) mass is 256 g/mol. The van der Waals surface area contributed by atoms with Crippen molar-refractivity contribution < 1.29 is 9.90 Å². The fraction of sp³-hybridized carbons (Fsp3) is 0.500. The smallest absolute Gasteiger partial charge is 0.335 e. The van der Waals surface area contributed by atoms with Gasteiger partial charge in [0.05, 0.1) is 5.56 Å². The van der Waals surface area contributed by atoms with Gasteiger partial charge in [-0.1, -0.05) is 32.4 Å². The highest BCUT2D eigenvalue weighted by atomic mass is 35.5. The Bertz CT molecular complexity index is 407. The van der Waals surface area contributed by atoms with Gasteiger partial charge in [0.2, 0.25) is 0 Å². The molecule has 1 unspecified atom stereocenters. The number of hydrogen-bond acceptors (Lipinski definition) is 3. The summed E-state index contributed by atoms with van der Waals surface area (Å²) in [6, 6.07) is 2.82. The molecule has 0 aliphatic carbocycles. The van der Waals surface area contributed by atoms with Gasteiger partial charge in [0.25, 0.3) is 0 Å². The Balaban J connectivity index is 2.74. The Hall–Kier alpha value is -1.29. The summed E-state index contributed by atoms with van der Waals surface area (Å²) in [5.41, 5.74) is 0.143. The summed E-state index contributed by atoms with van der Waals surface area (Å²) in [7, 11) is 0. The van der Waals surface area contributed by atoms with Crippen LogP contribution in [0, 0.1) is 11.8 Å². The normalized spacial score (nSPS) is 12.5. The van der Waals surface area contributed by atoms with E-state index in [1.807, 2.05) is 0 Å². The highest BCUT2D eigenvalue weighted by Crippen LogP contribution is 2.16. The lowest BCUT2D eigenvalue weighted by atomic mass is 9.98. The molecule has 0 aromatic carbocycles. The second-order valence-electron chi connectivity index (χ2n) is 4.47. The number of halogens is 1. The maximum absolute atomic E-state index is 10.8. The van der Waals surface area contributed by atoms with Crippen LogP contribution >= 0.6 is 11.6 Å². The molecule has 0 aliphatic heterocycles. The van der Waals surface area contributed by atoms with Crippen molar-refractivity contribution >= 4 is 23.4 Å². The van der Waals surface area contributed by atoms with Gasteiger partial charge >= 0.3 is 5.97 Å². The molecule has 2 N–H and O–H groups in total. The molecule has 17 heavy (non-hydrogen) atoms. The molecule has 1 heterocycles. The summed E-state index contributed by atoms with van der Waals surface area (Å²) in [5, 5.41) is 12.2. The van der Waals surface area contributed by atoms with Crippen LogP contribution in [0.1, 0.15) is 31.1 Å². The van der Waals surface area contributed by atoms with Gasteiger partial charge in [0, 0.05) is 6.54 Å². The van der Waals surface area contributed by atoms with E-state index < -0.39 is 5.97 Å². The van der Waals surface area contributed by atoms with Crippen molar-refractivity contribution in [2.75, 3.05) is 11.9 Å². The van der Waals surface area contributed by atoms with E-state index in [4.69, 9.17) is 16.7 Å². The number of nitrogens with one attached hydrogen (secondary N) is 1. The van der Waals surface area contributed by atoms with E-state index >= 15 is 0 Å². The number of carbonyl (C=O) groups is 1. The lowest BCUT2D eigenvalue weighted by Crippen LogP contribution is -2.17. The minimum absolute atomic E-state index is 0.143. The van der Waals surface area contributed by atoms with E-state index in [-0.39, 0.29) is 10.7 Å². The first-order chi connectivity index (χ1) is 7.90. The maximum Gasteiger partial charge on any atom is 0.335 e. The van der Waals surface area contributed by atoms with Crippen LogP contribution in [0.25, 0.3) is 0 Å². The van der Waals surface area contributed by atoms with Crippen molar-refractivity contribution in [3.8, 4) is 0 Å². The summed E-state index contributed by atoms with van der Waals surface area (Å²) in [4.78, 5) is 14.9. The number of carboxylic acid groups (broad SMARTS) is 1. The van der Waals surface area contributed by atoms with Gasteiger partial charge in [-0.2, -0.15) is 0 Å². The molecule has 5 heteroatoms. The molecule has 0 bridgehead atoms. The third kappa shape index (κ3) is 4.23. The predicted octanol–water partition coefficient (Wildman–Crippen LogP) is 3.14. The lowest BCUT2D eigenvalue weighted by Gasteiger charge is -2.16. The molecule has 1 atom stereocenters. The molecule has 0 aliphatic rings. The second-order valence-corrected chi connectivity index (χ2v) is 4.86. The van der Waals surface area contributed by atoms with E-state index in [0.29, 0.717) is 17.7 Å². The molecule has 94 valence electrons. The van der Waals surface area contributed by atoms with Crippen molar-refractivity contribution in [3.05, 3.63) is 22.8 Å². The molecule has 1 rings (SSSR count). The largest absolute Gasteiger partial charge is 0.478 e. The van der Waals surface area contributed by atoms with Crippen LogP contribution in [0.2, 0.25) is 5.15 Å². The van der Waals surface area contributed by atoms with Crippen molar-refractivity contribution in [2.45, 2.75) is 20.8 Å². The van der Waals surface area contributed by atoms with Gasteiger partial charge < -0.3 is 10.4 Å². The average Bonchev–Trinajstić information content (AvgIpc) is 2.24. The zero-order valence-electron chi connectivity index (χ0n) is 10.2. The zero-order chi connectivity index (χ0) is 13.0. The van der Waals surface area contributed by atoms with E-state index in [9.17, 15) is 4.79 Å². The second kappa shape index (κ2) is 5.87. The molecule has 0 spiro atoms. The highest BCUT2D eigenvalue weighted by molar-refractivity contribution is 6.29. The van der Waals surface area contributed by atoms with Gasteiger partial charge in [0.15, 0.2) is 0 Å². The minimum Gasteiger partial charge on any atom is -0.478 e. The van der Waals surface area contributed by atoms with Gasteiger partial charge in [-0.15, -0.1) is 0 Å². The van der Waals surface area contributed by atoms with Gasteiger partial charge in [-0.05, 0) is 24.0 Å². The topological polar surface area (TPSA) is 62.2 Å². The Labute approximate surface area is 106 Å². The van der Waals surface area contributed by atoms with Crippen LogP contribution in [-0.2, 0) is 0 Å². The fourth-order valence-electron chi connectivity index (χ4n) is 1.21. The molecular formula is C12H17ClN2O2. The first kappa shape index (κ1) is 13.8. The number of aromatic nitrogens is 1. The van der Waals surface area contributed by atoms with Crippen LogP contribution in [0.4, 0.5) is 5.82 Å². The van der Waals surface area contributed by atoms with Crippen LogP contribution < -0.4 is 5.32 Å². The van der Waals surface area contributed by atoms with Crippen LogP contribution in [-0.4, -0.2) is 22.6 Å². The van der Waals surface area contributed by atoms with E-state index in [1.54, 1.807) is 0 Å². The first-order valence-corrected chi connectivity index (χ1v) is 5.92. The van der Waals surface area contributed by atoms with E-state index in [0.717, 1.165) is 6.54 Å². The molecule has 0 fully saturated rings. The third-order valence-corrected chi connectivity index (χ3v) is 2.98. The summed E-state index contributed by atoms with van der Waals surface area (Å²) in [6.45, 7) is 7.14. The number of pyridine rings is 1. The molecule has 1 aromatic heterocycles. The molecule has 0 amide bonds. The minimum atomic E-state index is -1.01. The number of aromatic carboxylic acids is 1. The summed E-state index contributed by atoms with van der Waals surface area (Å²) >= 11 is 5.76. The zero-order valence-corrected chi connectivity index (χ0v) is 11.0. The fourth-order valence-corrected chi connectivity index (χ4v) is 1.42. The highest BCUT2D eigenvalue weighted by Gasteiger charge is 2.10. The van der Waals surface area contributed by atoms with Crippen molar-refractivity contribution in [3.63, 3.8) is 0 Å². The molecule has 0 saturated carbocycles. The van der Waals surface area contributed by atoms with Crippen molar-refractivity contribution in [2.24, 2.45) is 11.8 Å². The Morgan fingerprint density at radius 1 is 1.47 bits per heavy atom. The molecular weight excluding hydrogens is 240 g/mol.